The molecular weight excluding hydrogens is 256 g/mol. The van der Waals surface area contributed by atoms with Gasteiger partial charge in [0.15, 0.2) is 5.84 Å². The van der Waals surface area contributed by atoms with Crippen LogP contribution in [0.25, 0.3) is 0 Å². The Kier molecular flexibility index (Phi) is 5.31. The van der Waals surface area contributed by atoms with E-state index in [0.717, 1.165) is 24.9 Å². The highest BCUT2D eigenvalue weighted by molar-refractivity contribution is 5.96. The molecule has 4 N–H and O–H groups in total. The lowest BCUT2D eigenvalue weighted by Gasteiger charge is -2.35. The van der Waals surface area contributed by atoms with E-state index in [0.29, 0.717) is 18.3 Å². The number of likely N-dealkylation sites (tertiary alicyclic amines) is 1. The maximum atomic E-state index is 9.17. The molecule has 0 spiro atoms. The lowest BCUT2D eigenvalue weighted by Crippen LogP contribution is -2.40. The number of nitrogens with zero attached hydrogens (tertiary/aromatic N) is 3. The molecule has 0 aromatic carbocycles. The average molecular weight is 278 g/mol. The van der Waals surface area contributed by atoms with Crippen LogP contribution in [-0.4, -0.2) is 45.2 Å². The Morgan fingerprint density at radius 2 is 2.35 bits per heavy atom. The van der Waals surface area contributed by atoms with Crippen LogP contribution in [0.5, 0.6) is 0 Å². The Morgan fingerprint density at radius 3 is 3.10 bits per heavy atom. The Morgan fingerprint density at radius 1 is 1.50 bits per heavy atom. The quantitative estimate of drug-likeness (QED) is 0.322. The summed E-state index contributed by atoms with van der Waals surface area (Å²) in [6, 6.07) is 4.20. The summed E-state index contributed by atoms with van der Waals surface area (Å²) >= 11 is 0. The van der Waals surface area contributed by atoms with Crippen LogP contribution in [0.2, 0.25) is 0 Å². The summed E-state index contributed by atoms with van der Waals surface area (Å²) in [4.78, 5) is 6.55. The van der Waals surface area contributed by atoms with Crippen LogP contribution in [0.15, 0.2) is 23.5 Å². The van der Waals surface area contributed by atoms with Gasteiger partial charge in [-0.3, -0.25) is 9.88 Å². The number of aliphatic hydroxyl groups is 1. The lowest BCUT2D eigenvalue weighted by molar-refractivity contribution is 0.112. The monoisotopic (exact) mass is 278 g/mol. The Bertz CT molecular complexity index is 462. The smallest absolute Gasteiger partial charge is 0.189 e. The molecule has 1 aliphatic rings. The van der Waals surface area contributed by atoms with Gasteiger partial charge in [-0.05, 0) is 37.4 Å². The number of oxime groups is 1. The molecule has 20 heavy (non-hydrogen) atoms. The number of hydrogen-bond donors (Lipinski definition) is 3. The molecule has 6 nitrogen and oxygen atoms in total. The molecule has 0 saturated carbocycles. The molecule has 1 fully saturated rings. The minimum Gasteiger partial charge on any atom is -0.409 e. The number of hydrogen-bond acceptors (Lipinski definition) is 5. The summed E-state index contributed by atoms with van der Waals surface area (Å²) in [7, 11) is 0. The number of piperidine rings is 1. The normalized spacial score (nSPS) is 21.1. The summed E-state index contributed by atoms with van der Waals surface area (Å²) < 4.78 is 0. The van der Waals surface area contributed by atoms with E-state index >= 15 is 0 Å². The van der Waals surface area contributed by atoms with E-state index in [1.807, 2.05) is 12.1 Å². The molecule has 1 aromatic rings. The number of aromatic nitrogens is 1. The number of aliphatic hydroxyl groups excluding tert-OH is 1. The van der Waals surface area contributed by atoms with Crippen molar-refractivity contribution in [3.05, 3.63) is 29.6 Å². The number of amidine groups is 1. The summed E-state index contributed by atoms with van der Waals surface area (Å²) in [5.41, 5.74) is 7.15. The third-order valence-corrected chi connectivity index (χ3v) is 3.83. The first-order valence-corrected chi connectivity index (χ1v) is 7.03. The van der Waals surface area contributed by atoms with Gasteiger partial charge in [0.2, 0.25) is 0 Å². The number of pyridine rings is 1. The first-order chi connectivity index (χ1) is 9.76. The van der Waals surface area contributed by atoms with Crippen molar-refractivity contribution >= 4 is 5.84 Å². The fourth-order valence-electron chi connectivity index (χ4n) is 2.81. The maximum absolute atomic E-state index is 9.17. The van der Waals surface area contributed by atoms with Crippen LogP contribution in [-0.2, 0) is 6.54 Å². The highest BCUT2D eigenvalue weighted by Gasteiger charge is 2.23. The molecule has 1 saturated heterocycles. The third kappa shape index (κ3) is 3.46. The Balaban J connectivity index is 2.16. The van der Waals surface area contributed by atoms with E-state index in [1.165, 1.54) is 12.8 Å². The molecule has 0 amide bonds. The standard InChI is InChI=1S/C14H22N4O2/c15-14(17-20)13-11(4-3-7-16-13)10-18-8-2-1-5-12(18)6-9-19/h3-4,7,12,19-20H,1-2,5-6,8-10H2,(H2,15,17). The zero-order chi connectivity index (χ0) is 14.4. The summed E-state index contributed by atoms with van der Waals surface area (Å²) in [6.45, 7) is 1.93. The van der Waals surface area contributed by atoms with E-state index in [1.54, 1.807) is 6.20 Å². The summed E-state index contributed by atoms with van der Waals surface area (Å²) in [5.74, 6) is 0.0383. The van der Waals surface area contributed by atoms with Crippen LogP contribution < -0.4 is 5.73 Å². The van der Waals surface area contributed by atoms with Gasteiger partial charge < -0.3 is 16.0 Å². The minimum absolute atomic E-state index is 0.0383. The van der Waals surface area contributed by atoms with E-state index in [-0.39, 0.29) is 12.4 Å². The van der Waals surface area contributed by atoms with E-state index < -0.39 is 0 Å². The van der Waals surface area contributed by atoms with Crippen LogP contribution in [0.3, 0.4) is 0 Å². The fourth-order valence-corrected chi connectivity index (χ4v) is 2.81. The van der Waals surface area contributed by atoms with Crippen LogP contribution in [0, 0.1) is 0 Å². The molecule has 110 valence electrons. The average Bonchev–Trinajstić information content (AvgIpc) is 2.49. The summed E-state index contributed by atoms with van der Waals surface area (Å²) in [5, 5.41) is 21.0. The van der Waals surface area contributed by atoms with Gasteiger partial charge in [0.1, 0.15) is 5.69 Å². The highest BCUT2D eigenvalue weighted by Crippen LogP contribution is 2.22. The van der Waals surface area contributed by atoms with Crippen molar-refractivity contribution in [2.24, 2.45) is 10.9 Å². The van der Waals surface area contributed by atoms with Crippen LogP contribution in [0.4, 0.5) is 0 Å². The molecule has 0 radical (unpaired) electrons. The van der Waals surface area contributed by atoms with Crippen molar-refractivity contribution in [3.8, 4) is 0 Å². The van der Waals surface area contributed by atoms with Gasteiger partial charge in [0, 0.05) is 25.4 Å². The molecule has 1 aliphatic heterocycles. The van der Waals surface area contributed by atoms with Gasteiger partial charge in [0.25, 0.3) is 0 Å². The minimum atomic E-state index is 0.0383. The topological polar surface area (TPSA) is 95.0 Å². The number of nitrogens with two attached hydrogens (primary N) is 1. The van der Waals surface area contributed by atoms with Crippen molar-refractivity contribution in [3.63, 3.8) is 0 Å². The second-order valence-corrected chi connectivity index (χ2v) is 5.13. The second-order valence-electron chi connectivity index (χ2n) is 5.13. The molecule has 0 bridgehead atoms. The molecule has 6 heteroatoms. The van der Waals surface area contributed by atoms with Gasteiger partial charge in [-0.25, -0.2) is 0 Å². The first kappa shape index (κ1) is 14.7. The largest absolute Gasteiger partial charge is 0.409 e. The highest BCUT2D eigenvalue weighted by atomic mass is 16.4. The van der Waals surface area contributed by atoms with Gasteiger partial charge in [0.05, 0.1) is 0 Å². The molecule has 1 unspecified atom stereocenters. The first-order valence-electron chi connectivity index (χ1n) is 7.03. The number of rotatable bonds is 5. The lowest BCUT2D eigenvalue weighted by atomic mass is 9.98. The fraction of sp³-hybridized carbons (Fsp3) is 0.571. The molecular formula is C14H22N4O2. The van der Waals surface area contributed by atoms with Crippen molar-refractivity contribution in [1.82, 2.24) is 9.88 Å². The van der Waals surface area contributed by atoms with Gasteiger partial charge >= 0.3 is 0 Å². The Labute approximate surface area is 118 Å². The van der Waals surface area contributed by atoms with Crippen molar-refractivity contribution in [1.29, 1.82) is 0 Å². The molecule has 0 aliphatic carbocycles. The molecule has 1 aromatic heterocycles. The second kappa shape index (κ2) is 7.21. The zero-order valence-corrected chi connectivity index (χ0v) is 11.6. The SMILES string of the molecule is NC(=NO)c1ncccc1CN1CCCCC1CCO. The van der Waals surface area contributed by atoms with Crippen molar-refractivity contribution in [2.45, 2.75) is 38.3 Å². The molecule has 2 rings (SSSR count). The van der Waals surface area contributed by atoms with Crippen molar-refractivity contribution < 1.29 is 10.3 Å². The summed E-state index contributed by atoms with van der Waals surface area (Å²) in [6.07, 6.45) is 5.92. The Hall–Kier alpha value is -1.66. The van der Waals surface area contributed by atoms with E-state index in [4.69, 9.17) is 10.9 Å². The molecule has 2 heterocycles. The van der Waals surface area contributed by atoms with Crippen LogP contribution >= 0.6 is 0 Å². The van der Waals surface area contributed by atoms with Gasteiger partial charge in [-0.1, -0.05) is 17.6 Å². The van der Waals surface area contributed by atoms with E-state index in [9.17, 15) is 5.11 Å². The van der Waals surface area contributed by atoms with E-state index in [2.05, 4.69) is 15.0 Å². The predicted octanol–water partition coefficient (Wildman–Crippen LogP) is 0.913. The van der Waals surface area contributed by atoms with Crippen molar-refractivity contribution in [2.75, 3.05) is 13.2 Å². The third-order valence-electron chi connectivity index (χ3n) is 3.83. The van der Waals surface area contributed by atoms with Gasteiger partial charge in [-0.2, -0.15) is 0 Å². The zero-order valence-electron chi connectivity index (χ0n) is 11.6. The maximum Gasteiger partial charge on any atom is 0.189 e. The predicted molar refractivity (Wildman–Crippen MR) is 76.5 cm³/mol. The molecule has 1 atom stereocenters. The van der Waals surface area contributed by atoms with Gasteiger partial charge in [-0.15, -0.1) is 0 Å². The van der Waals surface area contributed by atoms with Crippen LogP contribution in [0.1, 0.15) is 36.9 Å².